The van der Waals surface area contributed by atoms with Crippen molar-refractivity contribution >= 4 is 17.9 Å². The molecule has 1 atom stereocenters. The van der Waals surface area contributed by atoms with Crippen LogP contribution in [0.3, 0.4) is 0 Å². The zero-order valence-electron chi connectivity index (χ0n) is 23.3. The van der Waals surface area contributed by atoms with Gasteiger partial charge in [-0.1, -0.05) is 56.1 Å². The van der Waals surface area contributed by atoms with Crippen LogP contribution in [0.15, 0.2) is 91.1 Å². The molecule has 0 heterocycles. The van der Waals surface area contributed by atoms with Crippen LogP contribution in [0, 0.1) is 6.92 Å². The summed E-state index contributed by atoms with van der Waals surface area (Å²) >= 11 is 0. The number of hydrogen-bond donors (Lipinski definition) is 0. The van der Waals surface area contributed by atoms with Gasteiger partial charge in [0.05, 0.1) is 0 Å². The average molecular weight is 537 g/mol. The fourth-order valence-corrected chi connectivity index (χ4v) is 4.64. The molecule has 6 nitrogen and oxygen atoms in total. The average Bonchev–Trinajstić information content (AvgIpc) is 3.33. The highest BCUT2D eigenvalue weighted by Gasteiger charge is 2.33. The summed E-state index contributed by atoms with van der Waals surface area (Å²) in [5, 5.41) is 0. The zero-order chi connectivity index (χ0) is 29.1. The molecule has 0 saturated carbocycles. The van der Waals surface area contributed by atoms with Crippen molar-refractivity contribution in [3.05, 3.63) is 108 Å². The number of aryl methyl sites for hydroxylation is 1. The van der Waals surface area contributed by atoms with Gasteiger partial charge in [-0.2, -0.15) is 0 Å². The van der Waals surface area contributed by atoms with E-state index in [9.17, 15) is 14.4 Å². The molecule has 1 aliphatic carbocycles. The van der Waals surface area contributed by atoms with Crippen LogP contribution in [0.1, 0.15) is 50.0 Å². The molecule has 0 aromatic heterocycles. The smallest absolute Gasteiger partial charge is 0.338 e. The number of benzene rings is 3. The number of fused-ring (bicyclic) bond motifs is 1. The lowest BCUT2D eigenvalue weighted by molar-refractivity contribution is -0.144. The normalized spacial score (nSPS) is 13.7. The van der Waals surface area contributed by atoms with Crippen LogP contribution in [0.25, 0.3) is 22.3 Å². The highest BCUT2D eigenvalue weighted by molar-refractivity contribution is 5.90. The molecule has 0 saturated heterocycles. The molecule has 3 aromatic rings. The molecule has 0 aliphatic heterocycles. The van der Waals surface area contributed by atoms with Crippen molar-refractivity contribution in [3.8, 4) is 33.8 Å². The van der Waals surface area contributed by atoms with E-state index in [-0.39, 0.29) is 5.57 Å². The van der Waals surface area contributed by atoms with E-state index in [0.717, 1.165) is 33.4 Å². The molecular formula is C34H32O6. The molecule has 204 valence electrons. The third-order valence-electron chi connectivity index (χ3n) is 6.69. The van der Waals surface area contributed by atoms with Gasteiger partial charge in [-0.05, 0) is 92.1 Å². The first-order valence-electron chi connectivity index (χ1n) is 12.9. The lowest BCUT2D eigenvalue weighted by Gasteiger charge is -2.19. The number of esters is 3. The summed E-state index contributed by atoms with van der Waals surface area (Å²) in [5.41, 5.74) is 7.45. The minimum Gasteiger partial charge on any atom is -0.454 e. The van der Waals surface area contributed by atoms with Crippen molar-refractivity contribution < 1.29 is 28.6 Å². The van der Waals surface area contributed by atoms with Crippen molar-refractivity contribution in [2.24, 2.45) is 0 Å². The number of rotatable bonds is 8. The Hall–Kier alpha value is -4.71. The third-order valence-corrected chi connectivity index (χ3v) is 6.69. The third kappa shape index (κ3) is 5.96. The molecule has 1 aliphatic rings. The van der Waals surface area contributed by atoms with Gasteiger partial charge in [-0.15, -0.1) is 0 Å². The van der Waals surface area contributed by atoms with Gasteiger partial charge in [0.15, 0.2) is 0 Å². The Morgan fingerprint density at radius 2 is 1.38 bits per heavy atom. The van der Waals surface area contributed by atoms with E-state index < -0.39 is 24.0 Å². The number of hydrogen-bond acceptors (Lipinski definition) is 6. The van der Waals surface area contributed by atoms with Crippen LogP contribution < -0.4 is 9.47 Å². The van der Waals surface area contributed by atoms with Gasteiger partial charge in [0.1, 0.15) is 17.6 Å². The summed E-state index contributed by atoms with van der Waals surface area (Å²) in [5.74, 6) is -0.692. The maximum Gasteiger partial charge on any atom is 0.338 e. The molecule has 4 rings (SSSR count). The maximum absolute atomic E-state index is 12.4. The minimum atomic E-state index is -0.559. The van der Waals surface area contributed by atoms with Crippen LogP contribution >= 0.6 is 0 Å². The minimum absolute atomic E-state index is 0.274. The number of carbonyl (C=O) groups excluding carboxylic acids is 3. The summed E-state index contributed by atoms with van der Waals surface area (Å²) in [6.45, 7) is 17.8. The number of ether oxygens (including phenoxy) is 3. The maximum atomic E-state index is 12.4. The molecule has 0 amide bonds. The number of carbonyl (C=O) groups is 3. The van der Waals surface area contributed by atoms with E-state index in [2.05, 4.69) is 25.8 Å². The standard InChI is InChI=1S/C34H32O6/c1-19(2)32(35)38-25-10-8-9-23(18-25)24-11-12-26(22(7)17-24)27-13-15-29(39-33(36)20(3)4)31-28(27)14-16-30(31)40-34(37)21(5)6/h8-13,15,17-18,30H,1,3,5,14,16H2,2,4,6-7H3. The SMILES string of the molecule is C=C(C)C(=O)Oc1cccc(-c2ccc(-c3ccc(OC(=O)C(=C)C)c4c3CCC4OC(=O)C(=C)C)c(C)c2)c1. The van der Waals surface area contributed by atoms with Crippen molar-refractivity contribution in [1.29, 1.82) is 0 Å². The second-order valence-electron chi connectivity index (χ2n) is 10.1. The van der Waals surface area contributed by atoms with E-state index >= 15 is 0 Å². The van der Waals surface area contributed by atoms with Crippen LogP contribution in [-0.2, 0) is 25.5 Å². The van der Waals surface area contributed by atoms with Crippen molar-refractivity contribution in [1.82, 2.24) is 0 Å². The Labute approximate surface area is 234 Å². The molecule has 0 bridgehead atoms. The monoisotopic (exact) mass is 536 g/mol. The Morgan fingerprint density at radius 3 is 2.02 bits per heavy atom. The van der Waals surface area contributed by atoms with Gasteiger partial charge in [0.25, 0.3) is 0 Å². The molecule has 1 unspecified atom stereocenters. The van der Waals surface area contributed by atoms with E-state index in [4.69, 9.17) is 14.2 Å². The van der Waals surface area contributed by atoms with Crippen LogP contribution in [0.4, 0.5) is 0 Å². The van der Waals surface area contributed by atoms with Gasteiger partial charge in [0.2, 0.25) is 0 Å². The lowest BCUT2D eigenvalue weighted by atomic mass is 9.91. The van der Waals surface area contributed by atoms with Gasteiger partial charge >= 0.3 is 17.9 Å². The second-order valence-corrected chi connectivity index (χ2v) is 10.1. The fourth-order valence-electron chi connectivity index (χ4n) is 4.64. The van der Waals surface area contributed by atoms with Crippen LogP contribution in [-0.4, -0.2) is 17.9 Å². The Morgan fingerprint density at radius 1 is 0.750 bits per heavy atom. The van der Waals surface area contributed by atoms with E-state index in [0.29, 0.717) is 41.1 Å². The second kappa shape index (κ2) is 11.6. The fraction of sp³-hybridized carbons (Fsp3) is 0.206. The molecule has 0 fully saturated rings. The van der Waals surface area contributed by atoms with Crippen molar-refractivity contribution in [3.63, 3.8) is 0 Å². The quantitative estimate of drug-likeness (QED) is 0.170. The Balaban J connectivity index is 1.73. The predicted octanol–water partition coefficient (Wildman–Crippen LogP) is 7.40. The van der Waals surface area contributed by atoms with Crippen LogP contribution in [0.2, 0.25) is 0 Å². The molecule has 0 N–H and O–H groups in total. The lowest BCUT2D eigenvalue weighted by Crippen LogP contribution is -2.14. The van der Waals surface area contributed by atoms with Gasteiger partial charge in [0, 0.05) is 22.3 Å². The summed E-state index contributed by atoms with van der Waals surface area (Å²) < 4.78 is 16.8. The van der Waals surface area contributed by atoms with Gasteiger partial charge in [-0.25, -0.2) is 14.4 Å². The zero-order valence-corrected chi connectivity index (χ0v) is 23.3. The Kier molecular flexibility index (Phi) is 8.19. The predicted molar refractivity (Wildman–Crippen MR) is 155 cm³/mol. The van der Waals surface area contributed by atoms with Crippen LogP contribution in [0.5, 0.6) is 11.5 Å². The van der Waals surface area contributed by atoms with E-state index in [1.54, 1.807) is 32.9 Å². The molecule has 6 heteroatoms. The van der Waals surface area contributed by atoms with Gasteiger partial charge in [-0.3, -0.25) is 0 Å². The molecular weight excluding hydrogens is 504 g/mol. The van der Waals surface area contributed by atoms with Crippen molar-refractivity contribution in [2.45, 2.75) is 46.6 Å². The first-order valence-corrected chi connectivity index (χ1v) is 12.9. The molecule has 0 radical (unpaired) electrons. The topological polar surface area (TPSA) is 78.9 Å². The molecule has 3 aromatic carbocycles. The highest BCUT2D eigenvalue weighted by Crippen LogP contribution is 2.46. The highest BCUT2D eigenvalue weighted by atomic mass is 16.6. The summed E-state index contributed by atoms with van der Waals surface area (Å²) in [6, 6.07) is 17.1. The van der Waals surface area contributed by atoms with E-state index in [1.807, 2.05) is 43.3 Å². The molecule has 40 heavy (non-hydrogen) atoms. The Bertz CT molecular complexity index is 1580. The summed E-state index contributed by atoms with van der Waals surface area (Å²) in [4.78, 5) is 36.7. The largest absolute Gasteiger partial charge is 0.454 e. The van der Waals surface area contributed by atoms with Crippen molar-refractivity contribution in [2.75, 3.05) is 0 Å². The first kappa shape index (κ1) is 28.3. The summed E-state index contributed by atoms with van der Waals surface area (Å²) in [6.07, 6.45) is 0.654. The summed E-state index contributed by atoms with van der Waals surface area (Å²) in [7, 11) is 0. The van der Waals surface area contributed by atoms with E-state index in [1.165, 1.54) is 0 Å². The molecule has 0 spiro atoms. The first-order chi connectivity index (χ1) is 19.0. The van der Waals surface area contributed by atoms with Gasteiger partial charge < -0.3 is 14.2 Å².